The monoisotopic (exact) mass is 475 g/mol. The first kappa shape index (κ1) is 24.2. The molecule has 0 fully saturated rings. The van der Waals surface area contributed by atoms with E-state index in [-0.39, 0.29) is 17.3 Å². The van der Waals surface area contributed by atoms with Crippen LogP contribution >= 0.6 is 0 Å². The molecule has 1 aliphatic rings. The van der Waals surface area contributed by atoms with Gasteiger partial charge >= 0.3 is 0 Å². The van der Waals surface area contributed by atoms with Gasteiger partial charge in [0.05, 0.1) is 32.5 Å². The lowest BCUT2D eigenvalue weighted by atomic mass is 9.99. The fourth-order valence-corrected chi connectivity index (χ4v) is 4.33. The number of aromatic hydroxyl groups is 1. The summed E-state index contributed by atoms with van der Waals surface area (Å²) in [5.74, 6) is 1.74. The molecule has 0 bridgehead atoms. The lowest BCUT2D eigenvalue weighted by molar-refractivity contribution is 0.101. The molecular formula is C28H29NO6. The van der Waals surface area contributed by atoms with Crippen LogP contribution in [0, 0.1) is 6.92 Å². The van der Waals surface area contributed by atoms with Gasteiger partial charge in [0.1, 0.15) is 11.5 Å². The summed E-state index contributed by atoms with van der Waals surface area (Å²) in [4.78, 5) is 15.4. The van der Waals surface area contributed by atoms with E-state index in [4.69, 9.17) is 18.9 Å². The van der Waals surface area contributed by atoms with Gasteiger partial charge < -0.3 is 24.1 Å². The van der Waals surface area contributed by atoms with Crippen molar-refractivity contribution in [3.05, 3.63) is 82.1 Å². The summed E-state index contributed by atoms with van der Waals surface area (Å²) in [7, 11) is 6.55. The second kappa shape index (κ2) is 10.1. The average Bonchev–Trinajstić information content (AvgIpc) is 3.18. The zero-order valence-electron chi connectivity index (χ0n) is 20.5. The highest BCUT2D eigenvalue weighted by molar-refractivity contribution is 6.16. The summed E-state index contributed by atoms with van der Waals surface area (Å²) >= 11 is 0. The van der Waals surface area contributed by atoms with Crippen molar-refractivity contribution in [3.8, 4) is 28.7 Å². The Bertz CT molecular complexity index is 1280. The van der Waals surface area contributed by atoms with Crippen molar-refractivity contribution in [3.63, 3.8) is 0 Å². The van der Waals surface area contributed by atoms with Gasteiger partial charge in [-0.2, -0.15) is 0 Å². The van der Waals surface area contributed by atoms with E-state index in [1.54, 1.807) is 38.3 Å². The van der Waals surface area contributed by atoms with Crippen LogP contribution < -0.4 is 18.9 Å². The Morgan fingerprint density at radius 1 is 0.971 bits per heavy atom. The maximum absolute atomic E-state index is 13.4. The summed E-state index contributed by atoms with van der Waals surface area (Å²) in [6.07, 6.45) is 1.62. The van der Waals surface area contributed by atoms with Gasteiger partial charge in [0.15, 0.2) is 17.3 Å². The maximum atomic E-state index is 13.4. The van der Waals surface area contributed by atoms with Crippen LogP contribution in [0.2, 0.25) is 0 Å². The molecule has 182 valence electrons. The smallest absolute Gasteiger partial charge is 0.232 e. The molecule has 0 amide bonds. The Balaban J connectivity index is 1.70. The Hall–Kier alpha value is -3.97. The molecule has 0 saturated heterocycles. The second-order valence-corrected chi connectivity index (χ2v) is 8.42. The number of ketones is 1. The Labute approximate surface area is 205 Å². The number of phenols is 1. The van der Waals surface area contributed by atoms with E-state index in [1.165, 1.54) is 14.2 Å². The Morgan fingerprint density at radius 2 is 1.69 bits per heavy atom. The number of carbonyl (C=O) groups excluding carboxylic acids is 1. The van der Waals surface area contributed by atoms with Crippen molar-refractivity contribution in [1.82, 2.24) is 4.90 Å². The number of fused-ring (bicyclic) bond motifs is 1. The van der Waals surface area contributed by atoms with Crippen molar-refractivity contribution in [1.29, 1.82) is 0 Å². The topological polar surface area (TPSA) is 77.5 Å². The van der Waals surface area contributed by atoms with Crippen molar-refractivity contribution < 1.29 is 28.8 Å². The summed E-state index contributed by atoms with van der Waals surface area (Å²) in [5, 5.41) is 10.8. The minimum absolute atomic E-state index is 0.0962. The molecule has 35 heavy (non-hydrogen) atoms. The predicted octanol–water partition coefficient (Wildman–Crippen LogP) is 4.97. The number of carbonyl (C=O) groups is 1. The number of methoxy groups -OCH3 is 3. The third-order valence-electron chi connectivity index (χ3n) is 5.97. The first-order valence-electron chi connectivity index (χ1n) is 11.2. The summed E-state index contributed by atoms with van der Waals surface area (Å²) in [6, 6.07) is 15.2. The number of aryl methyl sites for hydroxylation is 1. The molecule has 3 aromatic rings. The summed E-state index contributed by atoms with van der Waals surface area (Å²) < 4.78 is 22.4. The fraction of sp³-hybridized carbons (Fsp3) is 0.250. The van der Waals surface area contributed by atoms with Gasteiger partial charge in [-0.15, -0.1) is 0 Å². The summed E-state index contributed by atoms with van der Waals surface area (Å²) in [5.41, 5.74) is 3.43. The van der Waals surface area contributed by atoms with Gasteiger partial charge in [-0.3, -0.25) is 9.69 Å². The molecule has 7 heteroatoms. The molecule has 3 aromatic carbocycles. The number of rotatable bonds is 8. The number of hydrogen-bond acceptors (Lipinski definition) is 7. The zero-order valence-corrected chi connectivity index (χ0v) is 20.5. The number of allylic oxidation sites excluding steroid dienone is 1. The number of nitrogens with zero attached hydrogens (tertiary/aromatic N) is 1. The van der Waals surface area contributed by atoms with E-state index in [2.05, 4.69) is 4.90 Å². The molecule has 0 atom stereocenters. The second-order valence-electron chi connectivity index (χ2n) is 8.42. The third-order valence-corrected chi connectivity index (χ3v) is 5.97. The van der Waals surface area contributed by atoms with Gasteiger partial charge in [-0.05, 0) is 49.4 Å². The minimum Gasteiger partial charge on any atom is -0.507 e. The van der Waals surface area contributed by atoms with Gasteiger partial charge in [-0.1, -0.05) is 30.3 Å². The molecule has 1 N–H and O–H groups in total. The van der Waals surface area contributed by atoms with E-state index in [1.807, 2.05) is 37.4 Å². The molecule has 7 nitrogen and oxygen atoms in total. The number of ether oxygens (including phenoxy) is 4. The summed E-state index contributed by atoms with van der Waals surface area (Å²) in [6.45, 7) is 2.88. The van der Waals surface area contributed by atoms with Crippen LogP contribution in [0.5, 0.6) is 28.7 Å². The highest BCUT2D eigenvalue weighted by Gasteiger charge is 2.34. The zero-order chi connectivity index (χ0) is 25.1. The lowest BCUT2D eigenvalue weighted by Crippen LogP contribution is -2.17. The van der Waals surface area contributed by atoms with Gasteiger partial charge in [-0.25, -0.2) is 0 Å². The van der Waals surface area contributed by atoms with Gasteiger partial charge in [0.2, 0.25) is 11.5 Å². The number of benzene rings is 3. The van der Waals surface area contributed by atoms with Crippen LogP contribution in [0.25, 0.3) is 6.08 Å². The van der Waals surface area contributed by atoms with Crippen LogP contribution in [-0.4, -0.2) is 44.2 Å². The van der Waals surface area contributed by atoms with E-state index >= 15 is 0 Å². The van der Waals surface area contributed by atoms with E-state index in [0.717, 1.165) is 5.56 Å². The molecular weight excluding hydrogens is 446 g/mol. The van der Waals surface area contributed by atoms with E-state index in [9.17, 15) is 9.90 Å². The number of phenolic OH excluding ortho intramolecular Hbond substituents is 1. The normalized spacial score (nSPS) is 13.7. The maximum Gasteiger partial charge on any atom is 0.232 e. The first-order chi connectivity index (χ1) is 16.9. The van der Waals surface area contributed by atoms with Crippen LogP contribution in [0.3, 0.4) is 0 Å². The molecule has 0 unspecified atom stereocenters. The SMILES string of the molecule is COc1ccc(/C=C2\Oc3c(CN(C)Cc4ccccc4)c(O)cc(C)c3C2=O)c(OC)c1OC. The molecule has 1 aliphatic heterocycles. The van der Waals surface area contributed by atoms with Gasteiger partial charge in [0, 0.05) is 18.7 Å². The van der Waals surface area contributed by atoms with Crippen molar-refractivity contribution in [2.45, 2.75) is 20.0 Å². The Kier molecular flexibility index (Phi) is 6.98. The van der Waals surface area contributed by atoms with Crippen LogP contribution in [0.1, 0.15) is 32.6 Å². The molecule has 0 saturated carbocycles. The predicted molar refractivity (Wildman–Crippen MR) is 133 cm³/mol. The standard InChI is InChI=1S/C28H29NO6/c1-17-13-21(30)20(16-29(2)15-18-9-7-6-8-10-18)27-24(17)25(31)23(35-27)14-19-11-12-22(32-3)28(34-5)26(19)33-4/h6-14,30H,15-16H2,1-5H3/b23-14-. The third kappa shape index (κ3) is 4.68. The molecule has 0 radical (unpaired) electrons. The molecule has 0 aromatic heterocycles. The fourth-order valence-electron chi connectivity index (χ4n) is 4.33. The van der Waals surface area contributed by atoms with Crippen LogP contribution in [-0.2, 0) is 13.1 Å². The quantitative estimate of drug-likeness (QED) is 0.461. The van der Waals surface area contributed by atoms with Gasteiger partial charge in [0.25, 0.3) is 0 Å². The van der Waals surface area contributed by atoms with Crippen molar-refractivity contribution >= 4 is 11.9 Å². The largest absolute Gasteiger partial charge is 0.507 e. The highest BCUT2D eigenvalue weighted by atomic mass is 16.5. The van der Waals surface area contributed by atoms with E-state index < -0.39 is 0 Å². The van der Waals surface area contributed by atoms with Crippen LogP contribution in [0.4, 0.5) is 0 Å². The number of hydrogen-bond donors (Lipinski definition) is 1. The first-order valence-corrected chi connectivity index (χ1v) is 11.2. The minimum atomic E-state index is -0.249. The van der Waals surface area contributed by atoms with E-state index in [0.29, 0.717) is 58.3 Å². The molecule has 0 aliphatic carbocycles. The molecule has 0 spiro atoms. The lowest BCUT2D eigenvalue weighted by Gasteiger charge is -2.19. The number of Topliss-reactive ketones (excluding diaryl/α,β-unsaturated/α-hetero) is 1. The Morgan fingerprint density at radius 3 is 2.34 bits per heavy atom. The van der Waals surface area contributed by atoms with Crippen molar-refractivity contribution in [2.24, 2.45) is 0 Å². The van der Waals surface area contributed by atoms with Crippen molar-refractivity contribution in [2.75, 3.05) is 28.4 Å². The molecule has 1 heterocycles. The van der Waals surface area contributed by atoms with Crippen LogP contribution in [0.15, 0.2) is 54.3 Å². The molecule has 4 rings (SSSR count). The highest BCUT2D eigenvalue weighted by Crippen LogP contribution is 2.44. The average molecular weight is 476 g/mol.